The van der Waals surface area contributed by atoms with Gasteiger partial charge in [0.15, 0.2) is 0 Å². The highest BCUT2D eigenvalue weighted by molar-refractivity contribution is 6.76. The van der Waals surface area contributed by atoms with Crippen molar-refractivity contribution in [2.45, 2.75) is 83.5 Å². The van der Waals surface area contributed by atoms with Gasteiger partial charge in [0.2, 0.25) is 0 Å². The number of rotatable bonds is 13. The first kappa shape index (κ1) is 34.0. The molecule has 7 nitrogen and oxygen atoms in total. The van der Waals surface area contributed by atoms with E-state index in [-0.39, 0.29) is 18.0 Å². The van der Waals surface area contributed by atoms with E-state index in [9.17, 15) is 14.4 Å². The smallest absolute Gasteiger partial charge is 0.409 e. The van der Waals surface area contributed by atoms with Gasteiger partial charge in [0.1, 0.15) is 18.6 Å². The zero-order valence-corrected chi connectivity index (χ0v) is 28.4. The Morgan fingerprint density at radius 1 is 1.16 bits per heavy atom. The molecule has 238 valence electrons. The molecule has 0 radical (unpaired) electrons. The van der Waals surface area contributed by atoms with E-state index in [0.29, 0.717) is 63.1 Å². The Bertz CT molecular complexity index is 1460. The van der Waals surface area contributed by atoms with E-state index < -0.39 is 13.5 Å². The molecule has 1 aliphatic heterocycles. The minimum Gasteiger partial charge on any atom is -0.449 e. The molecule has 0 saturated carbocycles. The van der Waals surface area contributed by atoms with Gasteiger partial charge in [-0.15, -0.1) is 0 Å². The topological polar surface area (TPSA) is 76.7 Å². The van der Waals surface area contributed by atoms with Crippen LogP contribution in [0.3, 0.4) is 0 Å². The van der Waals surface area contributed by atoms with E-state index in [2.05, 4.69) is 32.6 Å². The third-order valence-electron chi connectivity index (χ3n) is 8.52. The summed E-state index contributed by atoms with van der Waals surface area (Å²) >= 11 is 6.58. The first-order chi connectivity index (χ1) is 21.0. The zero-order chi connectivity index (χ0) is 31.9. The number of nitrogens with zero attached hydrogens (tertiary/aromatic N) is 3. The maximum atomic E-state index is 13.9. The average molecular weight is 642 g/mol. The molecule has 0 bridgehead atoms. The maximum absolute atomic E-state index is 13.9. The highest BCUT2D eigenvalue weighted by atomic mass is 35.5. The van der Waals surface area contributed by atoms with E-state index in [4.69, 9.17) is 25.8 Å². The lowest BCUT2D eigenvalue weighted by Gasteiger charge is -2.42. The quantitative estimate of drug-likeness (QED) is 0.138. The first-order valence-corrected chi connectivity index (χ1v) is 19.6. The second-order valence-electron chi connectivity index (χ2n) is 13.1. The number of carbonyl (C=O) groups is 1. The van der Waals surface area contributed by atoms with Crippen molar-refractivity contribution in [1.82, 2.24) is 9.47 Å². The summed E-state index contributed by atoms with van der Waals surface area (Å²) in [6.07, 6.45) is 4.27. The predicted octanol–water partition coefficient (Wildman–Crippen LogP) is 8.67. The van der Waals surface area contributed by atoms with E-state index >= 15 is 0 Å². The number of hydrogen-bond donors (Lipinski definition) is 0. The molecular weight excluding hydrogens is 597 g/mol. The summed E-state index contributed by atoms with van der Waals surface area (Å²) in [6, 6.07) is 13.7. The third-order valence-corrected chi connectivity index (χ3v) is 10.4. The molecule has 1 unspecified atom stereocenters. The van der Waals surface area contributed by atoms with Gasteiger partial charge in [0, 0.05) is 55.4 Å². The second kappa shape index (κ2) is 14.9. The molecule has 0 aliphatic carbocycles. The van der Waals surface area contributed by atoms with Gasteiger partial charge >= 0.3 is 6.09 Å². The zero-order valence-electron chi connectivity index (χ0n) is 26.6. The molecule has 4 rings (SSSR count). The van der Waals surface area contributed by atoms with Crippen LogP contribution in [0.5, 0.6) is 0 Å². The predicted molar refractivity (Wildman–Crippen MR) is 175 cm³/mol. The molecule has 1 aliphatic rings. The fraction of sp³-hybridized carbons (Fsp3) is 0.529. The molecule has 1 atom stereocenters. The number of benzene rings is 2. The van der Waals surface area contributed by atoms with Crippen molar-refractivity contribution >= 4 is 36.7 Å². The van der Waals surface area contributed by atoms with Gasteiger partial charge in [-0.3, -0.25) is 0 Å². The van der Waals surface area contributed by atoms with Crippen molar-refractivity contribution in [2.24, 2.45) is 0 Å². The lowest BCUT2D eigenvalue weighted by atomic mass is 9.73. The van der Waals surface area contributed by atoms with Gasteiger partial charge in [-0.1, -0.05) is 56.7 Å². The highest BCUT2D eigenvalue weighted by Crippen LogP contribution is 2.39. The van der Waals surface area contributed by atoms with Crippen molar-refractivity contribution in [3.63, 3.8) is 0 Å². The number of carbonyl (C=O) groups excluding carboxylic acids is 1. The van der Waals surface area contributed by atoms with Crippen LogP contribution < -0.4 is 0 Å². The number of halogens is 2. The summed E-state index contributed by atoms with van der Waals surface area (Å²) < 4.78 is 34.0. The van der Waals surface area contributed by atoms with Crippen LogP contribution in [0.2, 0.25) is 30.7 Å². The van der Waals surface area contributed by atoms with Crippen molar-refractivity contribution in [3.8, 4) is 6.07 Å². The second-order valence-corrected chi connectivity index (χ2v) is 19.1. The molecule has 44 heavy (non-hydrogen) atoms. The van der Waals surface area contributed by atoms with Gasteiger partial charge in [-0.05, 0) is 62.1 Å². The number of hydrogen-bond acceptors (Lipinski definition) is 5. The Morgan fingerprint density at radius 3 is 2.50 bits per heavy atom. The Hall–Kier alpha value is -2.90. The SMILES string of the molecule is CCCCOC(=O)N1CCC(COC(C)c2cc(Cl)cc3c(C#N)cn(COCC[Si](C)(C)C)c23)(c2ccc(F)cc2)CC1. The van der Waals surface area contributed by atoms with E-state index in [1.165, 1.54) is 12.1 Å². The largest absolute Gasteiger partial charge is 0.449 e. The molecule has 0 N–H and O–H groups in total. The lowest BCUT2D eigenvalue weighted by Crippen LogP contribution is -2.47. The molecular formula is C34H45ClFN3O4Si. The summed E-state index contributed by atoms with van der Waals surface area (Å²) in [6.45, 7) is 13.8. The fourth-order valence-corrected chi connectivity index (χ4v) is 6.67. The van der Waals surface area contributed by atoms with Crippen LogP contribution in [0.15, 0.2) is 42.6 Å². The molecule has 1 aromatic heterocycles. The Kier molecular flexibility index (Phi) is 11.5. The summed E-state index contributed by atoms with van der Waals surface area (Å²) in [5.74, 6) is -0.294. The summed E-state index contributed by atoms with van der Waals surface area (Å²) in [5, 5.41) is 11.2. The number of fused-ring (bicyclic) bond motifs is 1. The monoisotopic (exact) mass is 641 g/mol. The van der Waals surface area contributed by atoms with Crippen LogP contribution >= 0.6 is 11.6 Å². The molecule has 0 spiro atoms. The molecule has 1 saturated heterocycles. The Morgan fingerprint density at radius 2 is 1.86 bits per heavy atom. The number of amides is 1. The van der Waals surface area contributed by atoms with Gasteiger partial charge < -0.3 is 23.7 Å². The van der Waals surface area contributed by atoms with Crippen molar-refractivity contribution in [1.29, 1.82) is 5.26 Å². The minimum absolute atomic E-state index is 0.289. The van der Waals surface area contributed by atoms with Gasteiger partial charge in [0.05, 0.1) is 30.4 Å². The van der Waals surface area contributed by atoms with Crippen LogP contribution in [0.1, 0.15) is 62.3 Å². The molecule has 2 aromatic carbocycles. The maximum Gasteiger partial charge on any atom is 0.409 e. The summed E-state index contributed by atoms with van der Waals surface area (Å²) in [5.41, 5.74) is 2.83. The van der Waals surface area contributed by atoms with Gasteiger partial charge in [-0.2, -0.15) is 5.26 Å². The van der Waals surface area contributed by atoms with Crippen molar-refractivity contribution in [3.05, 3.63) is 70.1 Å². The lowest BCUT2D eigenvalue weighted by molar-refractivity contribution is 0.00282. The van der Waals surface area contributed by atoms with E-state index in [1.807, 2.05) is 42.0 Å². The minimum atomic E-state index is -1.24. The number of likely N-dealkylation sites (tertiary alicyclic amines) is 1. The highest BCUT2D eigenvalue weighted by Gasteiger charge is 2.39. The standard InChI is InChI=1S/C34H45ClFN3O4Si/c1-6-7-16-42-33(40)38-14-12-34(13-15-38,27-8-10-29(36)11-9-27)23-43-25(2)30-19-28(35)20-31-26(21-37)22-39(32(30)31)24-41-17-18-44(3,4)5/h8-11,19-20,22,25H,6-7,12-18,23-24H2,1-5H3. The molecule has 1 amide bonds. The van der Waals surface area contributed by atoms with Crippen molar-refractivity contribution < 1.29 is 23.4 Å². The molecule has 1 fully saturated rings. The third kappa shape index (κ3) is 8.42. The first-order valence-electron chi connectivity index (χ1n) is 15.6. The van der Waals surface area contributed by atoms with Crippen molar-refractivity contribution in [2.75, 3.05) is 32.9 Å². The summed E-state index contributed by atoms with van der Waals surface area (Å²) in [7, 11) is -1.24. The summed E-state index contributed by atoms with van der Waals surface area (Å²) in [4.78, 5) is 14.4. The van der Waals surface area contributed by atoms with Crippen LogP contribution in [0.4, 0.5) is 9.18 Å². The van der Waals surface area contributed by atoms with Gasteiger partial charge in [0.25, 0.3) is 0 Å². The Labute approximate surface area is 266 Å². The van der Waals surface area contributed by atoms with Gasteiger partial charge in [-0.25, -0.2) is 9.18 Å². The average Bonchev–Trinajstić information content (AvgIpc) is 3.35. The number of piperidine rings is 1. The Balaban J connectivity index is 1.56. The van der Waals surface area contributed by atoms with Crippen LogP contribution in [0.25, 0.3) is 10.9 Å². The normalized spacial score (nSPS) is 15.7. The molecule has 3 aromatic rings. The molecule has 10 heteroatoms. The number of nitriles is 1. The van der Waals surface area contributed by atoms with Crippen LogP contribution in [-0.4, -0.2) is 56.5 Å². The number of ether oxygens (including phenoxy) is 3. The van der Waals surface area contributed by atoms with Crippen LogP contribution in [-0.2, 0) is 26.4 Å². The van der Waals surface area contributed by atoms with Crippen LogP contribution in [0, 0.1) is 17.1 Å². The number of aromatic nitrogens is 1. The van der Waals surface area contributed by atoms with E-state index in [0.717, 1.165) is 40.9 Å². The molecule has 2 heterocycles. The fourth-order valence-electron chi connectivity index (χ4n) is 5.68. The van der Waals surface area contributed by atoms with E-state index in [1.54, 1.807) is 4.90 Å². The number of unbranched alkanes of at least 4 members (excludes halogenated alkanes) is 1.